The van der Waals surface area contributed by atoms with Gasteiger partial charge in [0.05, 0.1) is 0 Å². The summed E-state index contributed by atoms with van der Waals surface area (Å²) in [6, 6.07) is 3.16. The minimum Gasteiger partial charge on any atom is -0.507 e. The van der Waals surface area contributed by atoms with Crippen LogP contribution in [0.5, 0.6) is 11.5 Å². The largest absolute Gasteiger partial charge is 0.507 e. The summed E-state index contributed by atoms with van der Waals surface area (Å²) in [5, 5.41) is 20.1. The molecule has 3 rings (SSSR count). The van der Waals surface area contributed by atoms with Gasteiger partial charge in [-0.2, -0.15) is 13.2 Å². The van der Waals surface area contributed by atoms with E-state index in [9.17, 15) is 36.6 Å². The number of alkyl halides is 5. The number of phenols is 2. The molecule has 2 aromatic rings. The van der Waals surface area contributed by atoms with E-state index in [0.717, 1.165) is 24.3 Å². The summed E-state index contributed by atoms with van der Waals surface area (Å²) in [5.74, 6) is -8.41. The molecule has 2 nitrogen and oxygen atoms in total. The van der Waals surface area contributed by atoms with Crippen molar-refractivity contribution in [3.05, 3.63) is 81.2 Å². The van der Waals surface area contributed by atoms with Crippen LogP contribution in [-0.2, 0) is 5.67 Å². The lowest BCUT2D eigenvalue weighted by Gasteiger charge is -2.47. The number of benzene rings is 2. The van der Waals surface area contributed by atoms with Crippen LogP contribution in [0.3, 0.4) is 0 Å². The maximum absolute atomic E-state index is 17.4. The number of hydrogen-bond donors (Lipinski definition) is 2. The highest BCUT2D eigenvalue weighted by Gasteiger charge is 2.75. The van der Waals surface area contributed by atoms with Gasteiger partial charge in [-0.3, -0.25) is 0 Å². The molecule has 2 atom stereocenters. The third kappa shape index (κ3) is 3.37. The molecule has 2 aromatic carbocycles. The highest BCUT2D eigenvalue weighted by molar-refractivity contribution is 5.55. The van der Waals surface area contributed by atoms with Gasteiger partial charge in [-0.05, 0) is 91.4 Å². The van der Waals surface area contributed by atoms with Crippen molar-refractivity contribution in [2.75, 3.05) is 0 Å². The third-order valence-electron chi connectivity index (χ3n) is 6.21. The van der Waals surface area contributed by atoms with Crippen molar-refractivity contribution in [1.82, 2.24) is 0 Å². The summed E-state index contributed by atoms with van der Waals surface area (Å²) in [7, 11) is 0. The van der Waals surface area contributed by atoms with Gasteiger partial charge in [0.15, 0.2) is 34.7 Å². The molecule has 10 heteroatoms. The van der Waals surface area contributed by atoms with Crippen LogP contribution in [0.25, 0.3) is 0 Å². The number of rotatable bonds is 3. The highest BCUT2D eigenvalue weighted by Crippen LogP contribution is 2.64. The van der Waals surface area contributed by atoms with Crippen molar-refractivity contribution in [3.8, 4) is 11.5 Å². The quantitative estimate of drug-likeness (QED) is 0.437. The first-order chi connectivity index (χ1) is 15.5. The van der Waals surface area contributed by atoms with E-state index in [-0.39, 0.29) is 33.8 Å². The molecule has 0 radical (unpaired) electrons. The normalized spacial score (nSPS) is 21.6. The molecule has 0 heterocycles. The van der Waals surface area contributed by atoms with E-state index in [1.54, 1.807) is 0 Å². The lowest BCUT2D eigenvalue weighted by molar-refractivity contribution is -0.263. The molecule has 1 aliphatic carbocycles. The van der Waals surface area contributed by atoms with Gasteiger partial charge in [0.25, 0.3) is 0 Å². The molecule has 1 aliphatic rings. The number of allylic oxidation sites excluding steroid dienone is 4. The highest BCUT2D eigenvalue weighted by atomic mass is 19.4. The van der Waals surface area contributed by atoms with Crippen LogP contribution in [0.2, 0.25) is 0 Å². The number of aromatic hydroxyl groups is 2. The van der Waals surface area contributed by atoms with Crippen LogP contribution in [0.1, 0.15) is 33.4 Å². The molecule has 0 aromatic heterocycles. The Labute approximate surface area is 189 Å². The minimum atomic E-state index is -5.99. The van der Waals surface area contributed by atoms with Gasteiger partial charge in [0.2, 0.25) is 0 Å². The Morgan fingerprint density at radius 3 is 1.41 bits per heavy atom. The molecule has 0 saturated carbocycles. The van der Waals surface area contributed by atoms with E-state index in [1.807, 2.05) is 0 Å². The Bertz CT molecular complexity index is 1120. The van der Waals surface area contributed by atoms with E-state index in [4.69, 9.17) is 0 Å². The van der Waals surface area contributed by atoms with E-state index in [2.05, 4.69) is 0 Å². The van der Waals surface area contributed by atoms with Crippen molar-refractivity contribution in [2.24, 2.45) is 5.41 Å². The van der Waals surface area contributed by atoms with Crippen LogP contribution < -0.4 is 0 Å². The van der Waals surface area contributed by atoms with Crippen molar-refractivity contribution in [2.45, 2.75) is 45.7 Å². The Balaban J connectivity index is 2.59. The minimum absolute atomic E-state index is 0.0977. The fraction of sp³-hybridized carbons (Fsp3) is 0.333. The first-order valence-corrected chi connectivity index (χ1v) is 9.95. The van der Waals surface area contributed by atoms with Crippen LogP contribution in [0.15, 0.2) is 47.8 Å². The molecule has 184 valence electrons. The molecule has 0 saturated heterocycles. The second-order valence-corrected chi connectivity index (χ2v) is 8.46. The Kier molecular flexibility index (Phi) is 6.04. The van der Waals surface area contributed by atoms with Gasteiger partial charge >= 0.3 is 6.18 Å². The maximum atomic E-state index is 17.4. The average Bonchev–Trinajstić information content (AvgIpc) is 2.74. The fourth-order valence-corrected chi connectivity index (χ4v) is 4.41. The zero-order chi connectivity index (χ0) is 26.0. The molecule has 0 fully saturated rings. The SMILES string of the molecule is Cc1cc(C(F)(c2cc(C)c(O)c(C)c2)C2(C(F)(F)F)C=C(F)C(F)=C(F)C2F)cc(C)c1O. The lowest BCUT2D eigenvalue weighted by atomic mass is 9.60. The lowest BCUT2D eigenvalue weighted by Crippen LogP contribution is -2.59. The zero-order valence-electron chi connectivity index (χ0n) is 18.4. The number of halogens is 8. The van der Waals surface area contributed by atoms with Crippen molar-refractivity contribution >= 4 is 0 Å². The maximum Gasteiger partial charge on any atom is 0.405 e. The monoisotopic (exact) mass is 492 g/mol. The molecule has 0 aliphatic heterocycles. The first-order valence-electron chi connectivity index (χ1n) is 9.95. The van der Waals surface area contributed by atoms with Gasteiger partial charge in [-0.25, -0.2) is 22.0 Å². The summed E-state index contributed by atoms with van der Waals surface area (Å²) in [5.41, 5.74) is -10.8. The molecule has 0 bridgehead atoms. The predicted molar refractivity (Wildman–Crippen MR) is 109 cm³/mol. The van der Waals surface area contributed by atoms with Crippen LogP contribution >= 0.6 is 0 Å². The van der Waals surface area contributed by atoms with Crippen molar-refractivity contribution in [3.63, 3.8) is 0 Å². The van der Waals surface area contributed by atoms with E-state index >= 15 is 8.78 Å². The summed E-state index contributed by atoms with van der Waals surface area (Å²) < 4.78 is 119. The van der Waals surface area contributed by atoms with Gasteiger partial charge in [0.1, 0.15) is 11.5 Å². The third-order valence-corrected chi connectivity index (χ3v) is 6.21. The number of phenolic OH excluding ortho intramolecular Hbond substituents is 2. The number of aryl methyl sites for hydroxylation is 4. The molecule has 2 N–H and O–H groups in total. The molecule has 0 amide bonds. The average molecular weight is 492 g/mol. The van der Waals surface area contributed by atoms with Gasteiger partial charge in [-0.1, -0.05) is 0 Å². The van der Waals surface area contributed by atoms with Crippen LogP contribution in [0, 0.1) is 33.1 Å². The number of hydrogen-bond acceptors (Lipinski definition) is 2. The van der Waals surface area contributed by atoms with E-state index < -0.39 is 58.1 Å². The van der Waals surface area contributed by atoms with Crippen molar-refractivity contribution < 1.29 is 45.3 Å². The molecule has 34 heavy (non-hydrogen) atoms. The molecule has 0 spiro atoms. The molecular weight excluding hydrogens is 472 g/mol. The van der Waals surface area contributed by atoms with Gasteiger partial charge in [0, 0.05) is 0 Å². The standard InChI is InChI=1S/C24H20F8O2/c1-10-5-14(6-11(2)19(10)33)23(29,15-7-12(3)20(34)13(4)8-15)22(24(30,31)32)9-16(25)17(26)18(27)21(22)28/h5-9,21,33-34H,1-4H3. The fourth-order valence-electron chi connectivity index (χ4n) is 4.41. The first kappa shape index (κ1) is 25.6. The van der Waals surface area contributed by atoms with Crippen molar-refractivity contribution in [1.29, 1.82) is 0 Å². The second kappa shape index (κ2) is 8.02. The van der Waals surface area contributed by atoms with E-state index in [0.29, 0.717) is 0 Å². The topological polar surface area (TPSA) is 40.5 Å². The smallest absolute Gasteiger partial charge is 0.405 e. The van der Waals surface area contributed by atoms with Crippen LogP contribution in [-0.4, -0.2) is 22.6 Å². The zero-order valence-corrected chi connectivity index (χ0v) is 18.4. The Hall–Kier alpha value is -3.04. The van der Waals surface area contributed by atoms with Gasteiger partial charge in [-0.15, -0.1) is 0 Å². The Morgan fingerprint density at radius 2 is 1.09 bits per heavy atom. The van der Waals surface area contributed by atoms with E-state index in [1.165, 1.54) is 27.7 Å². The summed E-state index contributed by atoms with van der Waals surface area (Å²) >= 11 is 0. The summed E-state index contributed by atoms with van der Waals surface area (Å²) in [6.07, 6.45) is -10.6. The molecular formula is C24H20F8O2. The molecule has 2 unspecified atom stereocenters. The summed E-state index contributed by atoms with van der Waals surface area (Å²) in [6.45, 7) is 4.96. The van der Waals surface area contributed by atoms with Crippen LogP contribution in [0.4, 0.5) is 35.1 Å². The summed E-state index contributed by atoms with van der Waals surface area (Å²) in [4.78, 5) is 0. The predicted octanol–water partition coefficient (Wildman–Crippen LogP) is 7.45. The second-order valence-electron chi connectivity index (χ2n) is 8.46. The Morgan fingerprint density at radius 1 is 0.735 bits per heavy atom. The van der Waals surface area contributed by atoms with Gasteiger partial charge < -0.3 is 10.2 Å².